The second kappa shape index (κ2) is 6.60. The molecule has 1 saturated heterocycles. The molecule has 0 spiro atoms. The Hall–Kier alpha value is -3.32. The SMILES string of the molecule is O=c1cccnn1-c1ccc(-n2c3c(c4cc(F)ccc42)CN2CCC3CC2)nc1. The Labute approximate surface area is 172 Å². The molecule has 7 heteroatoms. The number of aromatic nitrogens is 4. The molecule has 4 aromatic rings. The molecule has 1 fully saturated rings. The van der Waals surface area contributed by atoms with Crippen molar-refractivity contribution in [1.82, 2.24) is 24.2 Å². The number of nitrogens with zero attached hydrogens (tertiary/aromatic N) is 5. The van der Waals surface area contributed by atoms with E-state index in [0.29, 0.717) is 11.6 Å². The van der Waals surface area contributed by atoms with Crippen LogP contribution in [0.3, 0.4) is 0 Å². The van der Waals surface area contributed by atoms with E-state index < -0.39 is 0 Å². The number of rotatable bonds is 2. The first-order valence-corrected chi connectivity index (χ1v) is 10.3. The monoisotopic (exact) mass is 401 g/mol. The van der Waals surface area contributed by atoms with E-state index in [-0.39, 0.29) is 11.4 Å². The first-order valence-electron chi connectivity index (χ1n) is 10.3. The van der Waals surface area contributed by atoms with Crippen LogP contribution in [-0.4, -0.2) is 37.3 Å². The summed E-state index contributed by atoms with van der Waals surface area (Å²) in [5.74, 6) is 1.00. The van der Waals surface area contributed by atoms with Gasteiger partial charge in [-0.25, -0.2) is 9.37 Å². The quantitative estimate of drug-likeness (QED) is 0.517. The van der Waals surface area contributed by atoms with Crippen molar-refractivity contribution in [2.24, 2.45) is 0 Å². The van der Waals surface area contributed by atoms with Gasteiger partial charge in [0.05, 0.1) is 17.4 Å². The molecule has 2 bridgehead atoms. The highest BCUT2D eigenvalue weighted by atomic mass is 19.1. The molecular formula is C23H20FN5O. The maximum absolute atomic E-state index is 14.1. The number of halogens is 1. The summed E-state index contributed by atoms with van der Waals surface area (Å²) in [6.45, 7) is 3.00. The van der Waals surface area contributed by atoms with Gasteiger partial charge in [-0.15, -0.1) is 0 Å². The standard InChI is InChI=1S/C23H20FN5O/c24-16-3-5-20-18(12-16)19-14-27-10-7-15(8-11-27)23(19)28(20)21-6-4-17(13-25-21)29-22(30)2-1-9-26-29/h1-6,9,12-13,15H,7-8,10-11,14H2. The van der Waals surface area contributed by atoms with Gasteiger partial charge in [0, 0.05) is 35.8 Å². The van der Waals surface area contributed by atoms with E-state index in [0.717, 1.165) is 49.2 Å². The molecule has 3 aliphatic rings. The van der Waals surface area contributed by atoms with Crippen LogP contribution in [0, 0.1) is 5.82 Å². The Bertz CT molecular complexity index is 1320. The molecule has 0 aliphatic carbocycles. The lowest BCUT2D eigenvalue weighted by molar-refractivity contribution is 0.220. The van der Waals surface area contributed by atoms with Crippen LogP contribution in [0.5, 0.6) is 0 Å². The molecule has 6 nitrogen and oxygen atoms in total. The molecule has 0 atom stereocenters. The summed E-state index contributed by atoms with van der Waals surface area (Å²) in [4.78, 5) is 19.2. The van der Waals surface area contributed by atoms with Gasteiger partial charge in [0.25, 0.3) is 5.56 Å². The van der Waals surface area contributed by atoms with Crippen LogP contribution in [0.15, 0.2) is 59.7 Å². The third-order valence-electron chi connectivity index (χ3n) is 6.35. The van der Waals surface area contributed by atoms with Gasteiger partial charge in [-0.05, 0) is 67.9 Å². The van der Waals surface area contributed by atoms with Crippen molar-refractivity contribution in [2.75, 3.05) is 13.1 Å². The van der Waals surface area contributed by atoms with Crippen LogP contribution < -0.4 is 5.56 Å². The molecule has 0 N–H and O–H groups in total. The zero-order valence-corrected chi connectivity index (χ0v) is 16.3. The van der Waals surface area contributed by atoms with E-state index in [4.69, 9.17) is 0 Å². The highest BCUT2D eigenvalue weighted by Crippen LogP contribution is 2.42. The van der Waals surface area contributed by atoms with Crippen LogP contribution >= 0.6 is 0 Å². The molecule has 7 rings (SSSR count). The van der Waals surface area contributed by atoms with Crippen molar-refractivity contribution in [3.05, 3.63) is 82.3 Å². The Morgan fingerprint density at radius 1 is 1.07 bits per heavy atom. The highest BCUT2D eigenvalue weighted by Gasteiger charge is 2.33. The summed E-state index contributed by atoms with van der Waals surface area (Å²) in [5, 5.41) is 5.09. The maximum Gasteiger partial charge on any atom is 0.271 e. The van der Waals surface area contributed by atoms with E-state index in [1.54, 1.807) is 24.5 Å². The van der Waals surface area contributed by atoms with Gasteiger partial charge in [-0.1, -0.05) is 0 Å². The lowest BCUT2D eigenvalue weighted by Crippen LogP contribution is -2.29. The van der Waals surface area contributed by atoms with E-state index in [1.165, 1.54) is 28.1 Å². The van der Waals surface area contributed by atoms with Crippen molar-refractivity contribution < 1.29 is 4.39 Å². The second-order valence-electron chi connectivity index (χ2n) is 8.06. The molecule has 0 unspecified atom stereocenters. The van der Waals surface area contributed by atoms with Gasteiger partial charge in [0.1, 0.15) is 11.6 Å². The van der Waals surface area contributed by atoms with Gasteiger partial charge < -0.3 is 0 Å². The van der Waals surface area contributed by atoms with Crippen LogP contribution in [0.25, 0.3) is 22.4 Å². The van der Waals surface area contributed by atoms with E-state index in [2.05, 4.69) is 19.5 Å². The molecule has 0 radical (unpaired) electrons. The first kappa shape index (κ1) is 17.5. The Morgan fingerprint density at radius 2 is 1.93 bits per heavy atom. The molecule has 6 heterocycles. The molecule has 0 amide bonds. The molecule has 3 aliphatic heterocycles. The summed E-state index contributed by atoms with van der Waals surface area (Å²) < 4.78 is 17.6. The fraction of sp³-hybridized carbons (Fsp3) is 0.261. The molecule has 0 saturated carbocycles. The van der Waals surface area contributed by atoms with Crippen LogP contribution in [0.1, 0.15) is 30.0 Å². The van der Waals surface area contributed by atoms with Crippen LogP contribution in [0.2, 0.25) is 0 Å². The van der Waals surface area contributed by atoms with Crippen molar-refractivity contribution in [3.8, 4) is 11.5 Å². The number of hydrogen-bond donors (Lipinski definition) is 0. The number of hydrogen-bond acceptors (Lipinski definition) is 4. The zero-order chi connectivity index (χ0) is 20.2. The fourth-order valence-electron chi connectivity index (χ4n) is 4.97. The average molecular weight is 401 g/mol. The molecule has 3 aromatic heterocycles. The van der Waals surface area contributed by atoms with E-state index >= 15 is 0 Å². The molecule has 150 valence electrons. The van der Waals surface area contributed by atoms with Crippen molar-refractivity contribution in [2.45, 2.75) is 25.3 Å². The normalized spacial score (nSPS) is 20.3. The summed E-state index contributed by atoms with van der Waals surface area (Å²) in [6.07, 6.45) is 5.46. The number of benzene rings is 1. The van der Waals surface area contributed by atoms with Gasteiger partial charge in [-0.2, -0.15) is 9.78 Å². The minimum atomic E-state index is -0.216. The molecule has 30 heavy (non-hydrogen) atoms. The van der Waals surface area contributed by atoms with Gasteiger partial charge in [0.2, 0.25) is 0 Å². The van der Waals surface area contributed by atoms with Crippen molar-refractivity contribution in [3.63, 3.8) is 0 Å². The van der Waals surface area contributed by atoms with Gasteiger partial charge in [0.15, 0.2) is 0 Å². The lowest BCUT2D eigenvalue weighted by atomic mass is 9.94. The topological polar surface area (TPSA) is 56.0 Å². The number of pyridine rings is 1. The van der Waals surface area contributed by atoms with Gasteiger partial charge in [-0.3, -0.25) is 14.3 Å². The van der Waals surface area contributed by atoms with Crippen molar-refractivity contribution in [1.29, 1.82) is 0 Å². The fourth-order valence-corrected chi connectivity index (χ4v) is 4.97. The summed E-state index contributed by atoms with van der Waals surface area (Å²) >= 11 is 0. The largest absolute Gasteiger partial charge is 0.299 e. The summed E-state index contributed by atoms with van der Waals surface area (Å²) in [5.41, 5.74) is 3.87. The second-order valence-corrected chi connectivity index (χ2v) is 8.06. The predicted molar refractivity (Wildman–Crippen MR) is 112 cm³/mol. The Morgan fingerprint density at radius 3 is 2.70 bits per heavy atom. The predicted octanol–water partition coefficient (Wildman–Crippen LogP) is 3.40. The lowest BCUT2D eigenvalue weighted by Gasteiger charge is -2.27. The average Bonchev–Trinajstić information content (AvgIpc) is 2.89. The number of piperidine rings is 1. The van der Waals surface area contributed by atoms with Crippen LogP contribution in [0.4, 0.5) is 4.39 Å². The smallest absolute Gasteiger partial charge is 0.271 e. The Kier molecular flexibility index (Phi) is 3.86. The Balaban J connectivity index is 1.56. The third kappa shape index (κ3) is 2.62. The molecule has 1 aromatic carbocycles. The summed E-state index contributed by atoms with van der Waals surface area (Å²) in [7, 11) is 0. The van der Waals surface area contributed by atoms with E-state index in [9.17, 15) is 9.18 Å². The highest BCUT2D eigenvalue weighted by molar-refractivity contribution is 5.87. The minimum Gasteiger partial charge on any atom is -0.299 e. The number of fused-ring (bicyclic) bond motifs is 3. The van der Waals surface area contributed by atoms with Crippen LogP contribution in [-0.2, 0) is 6.54 Å². The minimum absolute atomic E-state index is 0.200. The first-order chi connectivity index (χ1) is 14.7. The van der Waals surface area contributed by atoms with Gasteiger partial charge >= 0.3 is 0 Å². The molecular weight excluding hydrogens is 381 g/mol. The zero-order valence-electron chi connectivity index (χ0n) is 16.3. The summed E-state index contributed by atoms with van der Waals surface area (Å²) in [6, 6.07) is 11.9. The van der Waals surface area contributed by atoms with Crippen molar-refractivity contribution >= 4 is 10.9 Å². The third-order valence-corrected chi connectivity index (χ3v) is 6.35. The maximum atomic E-state index is 14.1. The van der Waals surface area contributed by atoms with E-state index in [1.807, 2.05) is 18.2 Å².